The molecule has 0 aromatic heterocycles. The topological polar surface area (TPSA) is 72.5 Å². The molecule has 0 fully saturated rings. The van der Waals surface area contributed by atoms with Crippen molar-refractivity contribution in [2.45, 2.75) is 18.1 Å². The highest BCUT2D eigenvalue weighted by Gasteiger charge is 2.57. The van der Waals surface area contributed by atoms with Crippen LogP contribution >= 0.6 is 15.9 Å². The molecule has 1 rings (SSSR count). The smallest absolute Gasteiger partial charge is 0.417 e. The van der Waals surface area contributed by atoms with Crippen LogP contribution < -0.4 is 10.5 Å². The summed E-state index contributed by atoms with van der Waals surface area (Å²) in [5, 5.41) is 8.60. The molecule has 0 aliphatic carbocycles. The zero-order valence-corrected chi connectivity index (χ0v) is 11.2. The zero-order valence-electron chi connectivity index (χ0n) is 9.58. The second-order valence-corrected chi connectivity index (χ2v) is 4.75. The van der Waals surface area contributed by atoms with Gasteiger partial charge in [-0.25, -0.2) is 4.79 Å². The Hall–Kier alpha value is -1.28. The standard InChI is InChI=1S/C11H11BrF3NO3/c12-7-2-1-3-8(6-7)19-5-4-10(16,9(17)18)11(13,14)15/h1-3,6H,4-5,16H2,(H,17,18). The van der Waals surface area contributed by atoms with Crippen molar-refractivity contribution in [3.05, 3.63) is 28.7 Å². The third-order valence-electron chi connectivity index (χ3n) is 2.45. The summed E-state index contributed by atoms with van der Waals surface area (Å²) in [6.45, 7) is -0.460. The van der Waals surface area contributed by atoms with E-state index in [0.717, 1.165) is 0 Å². The van der Waals surface area contributed by atoms with E-state index in [-0.39, 0.29) is 0 Å². The molecule has 0 saturated carbocycles. The van der Waals surface area contributed by atoms with E-state index in [1.165, 1.54) is 6.07 Å². The van der Waals surface area contributed by atoms with Crippen molar-refractivity contribution in [3.63, 3.8) is 0 Å². The van der Waals surface area contributed by atoms with Crippen LogP contribution in [0.5, 0.6) is 5.75 Å². The number of alkyl halides is 3. The van der Waals surface area contributed by atoms with Gasteiger partial charge in [-0.3, -0.25) is 0 Å². The van der Waals surface area contributed by atoms with Gasteiger partial charge in [-0.15, -0.1) is 0 Å². The number of benzene rings is 1. The number of carbonyl (C=O) groups is 1. The zero-order chi connectivity index (χ0) is 14.7. The fourth-order valence-corrected chi connectivity index (χ4v) is 1.63. The molecule has 4 nitrogen and oxygen atoms in total. The number of ether oxygens (including phenoxy) is 1. The first-order chi connectivity index (χ1) is 8.67. The van der Waals surface area contributed by atoms with E-state index < -0.39 is 30.7 Å². The molecule has 1 aromatic carbocycles. The lowest BCUT2D eigenvalue weighted by Crippen LogP contribution is -2.60. The summed E-state index contributed by atoms with van der Waals surface area (Å²) in [4.78, 5) is 10.7. The molecule has 8 heteroatoms. The van der Waals surface area contributed by atoms with Gasteiger partial charge in [0.05, 0.1) is 6.61 Å². The Morgan fingerprint density at radius 2 is 2.05 bits per heavy atom. The SMILES string of the molecule is NC(CCOc1cccc(Br)c1)(C(=O)O)C(F)(F)F. The van der Waals surface area contributed by atoms with Gasteiger partial charge < -0.3 is 15.6 Å². The van der Waals surface area contributed by atoms with Crippen LogP contribution in [0.3, 0.4) is 0 Å². The van der Waals surface area contributed by atoms with Gasteiger partial charge >= 0.3 is 12.1 Å². The molecule has 0 aliphatic heterocycles. The van der Waals surface area contributed by atoms with Gasteiger partial charge in [0.15, 0.2) is 0 Å². The Bertz CT molecular complexity index is 467. The number of nitrogens with two attached hydrogens (primary N) is 1. The molecule has 1 aromatic rings. The van der Waals surface area contributed by atoms with Crippen molar-refractivity contribution in [2.24, 2.45) is 5.73 Å². The summed E-state index contributed by atoms with van der Waals surface area (Å²) in [6.07, 6.45) is -5.92. The van der Waals surface area contributed by atoms with Gasteiger partial charge in [0, 0.05) is 10.9 Å². The quantitative estimate of drug-likeness (QED) is 0.863. The van der Waals surface area contributed by atoms with E-state index in [2.05, 4.69) is 15.9 Å². The molecule has 3 N–H and O–H groups in total. The van der Waals surface area contributed by atoms with Gasteiger partial charge in [-0.1, -0.05) is 22.0 Å². The van der Waals surface area contributed by atoms with Gasteiger partial charge in [-0.2, -0.15) is 13.2 Å². The minimum absolute atomic E-state index is 0.323. The molecule has 0 heterocycles. The normalized spacial score (nSPS) is 14.8. The Kier molecular flexibility index (Phi) is 4.81. The second kappa shape index (κ2) is 5.79. The second-order valence-electron chi connectivity index (χ2n) is 3.83. The highest BCUT2D eigenvalue weighted by molar-refractivity contribution is 9.10. The van der Waals surface area contributed by atoms with Crippen LogP contribution in [-0.2, 0) is 4.79 Å². The van der Waals surface area contributed by atoms with Crippen molar-refractivity contribution in [1.82, 2.24) is 0 Å². The molecule has 0 amide bonds. The van der Waals surface area contributed by atoms with Crippen LogP contribution in [-0.4, -0.2) is 29.4 Å². The molecule has 0 radical (unpaired) electrons. The molecule has 0 aliphatic rings. The van der Waals surface area contributed by atoms with Crippen LogP contribution in [0.1, 0.15) is 6.42 Å². The van der Waals surface area contributed by atoms with E-state index in [1.807, 2.05) is 0 Å². The van der Waals surface area contributed by atoms with Crippen LogP contribution in [0.15, 0.2) is 28.7 Å². The van der Waals surface area contributed by atoms with Crippen LogP contribution in [0.2, 0.25) is 0 Å². The summed E-state index contributed by atoms with van der Waals surface area (Å²) in [7, 11) is 0. The molecular formula is C11H11BrF3NO3. The predicted octanol–water partition coefficient (Wildman–Crippen LogP) is 2.56. The lowest BCUT2D eigenvalue weighted by atomic mass is 9.96. The first kappa shape index (κ1) is 15.8. The first-order valence-electron chi connectivity index (χ1n) is 5.14. The Labute approximate surface area is 115 Å². The monoisotopic (exact) mass is 341 g/mol. The summed E-state index contributed by atoms with van der Waals surface area (Å²) in [5.74, 6) is -1.80. The van der Waals surface area contributed by atoms with Crippen molar-refractivity contribution in [3.8, 4) is 5.75 Å². The van der Waals surface area contributed by atoms with E-state index in [9.17, 15) is 18.0 Å². The minimum atomic E-state index is -5.04. The molecule has 1 unspecified atom stereocenters. The van der Waals surface area contributed by atoms with E-state index in [0.29, 0.717) is 10.2 Å². The average molecular weight is 342 g/mol. The number of hydrogen-bond acceptors (Lipinski definition) is 3. The molecular weight excluding hydrogens is 331 g/mol. The number of halogens is 4. The fraction of sp³-hybridized carbons (Fsp3) is 0.364. The molecule has 106 valence electrons. The van der Waals surface area contributed by atoms with Crippen molar-refractivity contribution in [2.75, 3.05) is 6.61 Å². The van der Waals surface area contributed by atoms with Gasteiger partial charge in [0.2, 0.25) is 5.54 Å². The summed E-state index contributed by atoms with van der Waals surface area (Å²) >= 11 is 3.17. The van der Waals surface area contributed by atoms with E-state index in [1.54, 1.807) is 18.2 Å². The lowest BCUT2D eigenvalue weighted by molar-refractivity contribution is -0.204. The Morgan fingerprint density at radius 1 is 1.42 bits per heavy atom. The molecule has 1 atom stereocenters. The number of rotatable bonds is 5. The summed E-state index contributed by atoms with van der Waals surface area (Å²) in [5.41, 5.74) is 1.59. The minimum Gasteiger partial charge on any atom is -0.493 e. The number of aliphatic carboxylic acids is 1. The third kappa shape index (κ3) is 3.84. The molecule has 0 spiro atoms. The summed E-state index contributed by atoms with van der Waals surface area (Å²) < 4.78 is 43.5. The maximum absolute atomic E-state index is 12.6. The maximum atomic E-state index is 12.6. The lowest BCUT2D eigenvalue weighted by Gasteiger charge is -2.27. The van der Waals surface area contributed by atoms with E-state index in [4.69, 9.17) is 15.6 Å². The first-order valence-corrected chi connectivity index (χ1v) is 5.93. The van der Waals surface area contributed by atoms with Gasteiger partial charge in [-0.05, 0) is 18.2 Å². The average Bonchev–Trinajstić information content (AvgIpc) is 2.27. The van der Waals surface area contributed by atoms with Crippen LogP contribution in [0.4, 0.5) is 13.2 Å². The third-order valence-corrected chi connectivity index (χ3v) is 2.94. The highest BCUT2D eigenvalue weighted by Crippen LogP contribution is 2.31. The van der Waals surface area contributed by atoms with Crippen LogP contribution in [0.25, 0.3) is 0 Å². The summed E-state index contributed by atoms with van der Waals surface area (Å²) in [6, 6.07) is 6.44. The number of carboxylic acids is 1. The largest absolute Gasteiger partial charge is 0.493 e. The Morgan fingerprint density at radius 3 is 2.53 bits per heavy atom. The predicted molar refractivity (Wildman–Crippen MR) is 64.9 cm³/mol. The molecule has 19 heavy (non-hydrogen) atoms. The Balaban J connectivity index is 2.67. The molecule has 0 saturated heterocycles. The van der Waals surface area contributed by atoms with Crippen molar-refractivity contribution in [1.29, 1.82) is 0 Å². The number of hydrogen-bond donors (Lipinski definition) is 2. The van der Waals surface area contributed by atoms with Crippen molar-refractivity contribution < 1.29 is 27.8 Å². The maximum Gasteiger partial charge on any atom is 0.417 e. The number of carboxylic acid groups (broad SMARTS) is 1. The van der Waals surface area contributed by atoms with Crippen molar-refractivity contribution >= 4 is 21.9 Å². The highest BCUT2D eigenvalue weighted by atomic mass is 79.9. The molecule has 0 bridgehead atoms. The van der Waals surface area contributed by atoms with Gasteiger partial charge in [0.25, 0.3) is 0 Å². The van der Waals surface area contributed by atoms with Crippen LogP contribution in [0, 0.1) is 0 Å². The fourth-order valence-electron chi connectivity index (χ4n) is 1.26. The van der Waals surface area contributed by atoms with E-state index >= 15 is 0 Å². The van der Waals surface area contributed by atoms with Gasteiger partial charge in [0.1, 0.15) is 5.75 Å².